The first-order valence-corrected chi connectivity index (χ1v) is 13.5. The van der Waals surface area contributed by atoms with Crippen LogP contribution in [0.1, 0.15) is 37.9 Å². The molecule has 0 aliphatic carbocycles. The monoisotopic (exact) mass is 634 g/mol. The number of fused-ring (bicyclic) bond motifs is 2. The molecule has 192 valence electrons. The average Bonchev–Trinajstić information content (AvgIpc) is 3.45. The number of ether oxygens (including phenoxy) is 4. The lowest BCUT2D eigenvalue weighted by atomic mass is 9.95. The molecular weight excluding hydrogens is 611 g/mol. The van der Waals surface area contributed by atoms with Gasteiger partial charge in [0.1, 0.15) is 0 Å². The normalized spacial score (nSPS) is 16.4. The number of halogens is 1. The van der Waals surface area contributed by atoms with Gasteiger partial charge in [-0.25, -0.2) is 9.79 Å². The first kappa shape index (κ1) is 25.3. The highest BCUT2D eigenvalue weighted by Crippen LogP contribution is 2.38. The molecule has 1 unspecified atom stereocenters. The fourth-order valence-corrected chi connectivity index (χ4v) is 5.96. The SMILES string of the molecule is CCOC(=O)C1=C(C)N=c2s/c(=C\c3cc(I)c(O)c(OCC)c3)c(=O)n2C1c1ccc2c(c1)OCO2. The Bertz CT molecular complexity index is 1620. The smallest absolute Gasteiger partial charge is 0.338 e. The molecule has 2 aliphatic heterocycles. The summed E-state index contributed by atoms with van der Waals surface area (Å²) in [5, 5.41) is 10.3. The first-order valence-electron chi connectivity index (χ1n) is 11.6. The molecule has 0 spiro atoms. The maximum atomic E-state index is 13.8. The molecule has 2 aromatic carbocycles. The number of phenolic OH excluding ortho intramolecular Hbond substituents is 1. The number of thiazole rings is 1. The van der Waals surface area contributed by atoms with Gasteiger partial charge in [0.15, 0.2) is 27.8 Å². The van der Waals surface area contributed by atoms with Crippen LogP contribution in [0.25, 0.3) is 6.08 Å². The molecule has 0 amide bonds. The summed E-state index contributed by atoms with van der Waals surface area (Å²) in [6.07, 6.45) is 1.73. The van der Waals surface area contributed by atoms with Gasteiger partial charge in [0.2, 0.25) is 6.79 Å². The molecule has 1 atom stereocenters. The van der Waals surface area contributed by atoms with Gasteiger partial charge in [-0.15, -0.1) is 0 Å². The number of allylic oxidation sites excluding steroid dienone is 1. The zero-order valence-electron chi connectivity index (χ0n) is 20.2. The number of aromatic nitrogens is 1. The van der Waals surface area contributed by atoms with Crippen LogP contribution >= 0.6 is 33.9 Å². The Morgan fingerprint density at radius 3 is 2.78 bits per heavy atom. The van der Waals surface area contributed by atoms with Crippen molar-refractivity contribution in [3.8, 4) is 23.0 Å². The predicted octanol–water partition coefficient (Wildman–Crippen LogP) is 3.24. The molecule has 2 aliphatic rings. The van der Waals surface area contributed by atoms with Crippen molar-refractivity contribution in [2.24, 2.45) is 4.99 Å². The number of carbonyl (C=O) groups is 1. The largest absolute Gasteiger partial charge is 0.504 e. The minimum absolute atomic E-state index is 0.0542. The van der Waals surface area contributed by atoms with Crippen LogP contribution in [0.5, 0.6) is 23.0 Å². The van der Waals surface area contributed by atoms with Gasteiger partial charge in [0.05, 0.1) is 38.6 Å². The van der Waals surface area contributed by atoms with Gasteiger partial charge in [0, 0.05) is 0 Å². The number of benzene rings is 2. The fourth-order valence-electron chi connectivity index (χ4n) is 4.28. The molecule has 37 heavy (non-hydrogen) atoms. The fraction of sp³-hybridized carbons (Fsp3) is 0.269. The maximum Gasteiger partial charge on any atom is 0.338 e. The molecule has 0 bridgehead atoms. The molecule has 0 saturated heterocycles. The Kier molecular flexibility index (Phi) is 6.99. The highest BCUT2D eigenvalue weighted by atomic mass is 127. The van der Waals surface area contributed by atoms with E-state index >= 15 is 0 Å². The maximum absolute atomic E-state index is 13.8. The molecular formula is C26H23IN2O7S. The molecule has 3 heterocycles. The van der Waals surface area contributed by atoms with Crippen molar-refractivity contribution >= 4 is 46.0 Å². The van der Waals surface area contributed by atoms with E-state index in [1.54, 1.807) is 44.2 Å². The molecule has 11 heteroatoms. The second-order valence-corrected chi connectivity index (χ2v) is 10.4. The number of carbonyl (C=O) groups excluding carboxylic acids is 1. The lowest BCUT2D eigenvalue weighted by molar-refractivity contribution is -0.139. The van der Waals surface area contributed by atoms with Crippen LogP contribution in [0.4, 0.5) is 0 Å². The minimum Gasteiger partial charge on any atom is -0.504 e. The number of rotatable bonds is 6. The molecule has 0 saturated carbocycles. The number of aromatic hydroxyl groups is 1. The van der Waals surface area contributed by atoms with E-state index in [4.69, 9.17) is 18.9 Å². The summed E-state index contributed by atoms with van der Waals surface area (Å²) in [6, 6.07) is 8.04. The zero-order chi connectivity index (χ0) is 26.3. The molecule has 1 aromatic heterocycles. The molecule has 0 fully saturated rings. The van der Waals surface area contributed by atoms with E-state index in [1.807, 2.05) is 35.6 Å². The van der Waals surface area contributed by atoms with Gasteiger partial charge in [-0.05, 0) is 84.8 Å². The standard InChI is InChI=1S/C26H23IN2O7S/c1-4-33-19-9-14(8-16(27)23(19)30)10-20-24(31)29-22(15-6-7-17-18(11-15)36-12-35-17)21(25(32)34-5-2)13(3)28-26(29)37-20/h6-11,22,30H,4-5,12H2,1-3H3/b20-10-. The second kappa shape index (κ2) is 10.2. The summed E-state index contributed by atoms with van der Waals surface area (Å²) in [5.74, 6) is 1.00. The van der Waals surface area contributed by atoms with Gasteiger partial charge >= 0.3 is 5.97 Å². The summed E-state index contributed by atoms with van der Waals surface area (Å²) >= 11 is 3.24. The van der Waals surface area contributed by atoms with E-state index in [-0.39, 0.29) is 30.3 Å². The van der Waals surface area contributed by atoms with Crippen molar-refractivity contribution < 1.29 is 28.8 Å². The van der Waals surface area contributed by atoms with E-state index in [2.05, 4.69) is 4.99 Å². The van der Waals surface area contributed by atoms with Crippen LogP contribution < -0.4 is 29.1 Å². The third-order valence-electron chi connectivity index (χ3n) is 5.88. The number of nitrogens with zero attached hydrogens (tertiary/aromatic N) is 2. The Morgan fingerprint density at radius 1 is 1.24 bits per heavy atom. The Labute approximate surface area is 229 Å². The Morgan fingerprint density at radius 2 is 2.03 bits per heavy atom. The number of phenols is 1. The van der Waals surface area contributed by atoms with Crippen LogP contribution in [-0.2, 0) is 9.53 Å². The third kappa shape index (κ3) is 4.61. The summed E-state index contributed by atoms with van der Waals surface area (Å²) in [4.78, 5) is 31.9. The highest BCUT2D eigenvalue weighted by molar-refractivity contribution is 14.1. The zero-order valence-corrected chi connectivity index (χ0v) is 23.2. The van der Waals surface area contributed by atoms with Gasteiger partial charge < -0.3 is 24.1 Å². The van der Waals surface area contributed by atoms with Crippen LogP contribution in [0.2, 0.25) is 0 Å². The van der Waals surface area contributed by atoms with Gasteiger partial charge in [-0.2, -0.15) is 0 Å². The van der Waals surface area contributed by atoms with Crippen molar-refractivity contribution in [2.75, 3.05) is 20.0 Å². The topological polar surface area (TPSA) is 109 Å². The van der Waals surface area contributed by atoms with Crippen LogP contribution in [0.3, 0.4) is 0 Å². The number of esters is 1. The highest BCUT2D eigenvalue weighted by Gasteiger charge is 2.34. The summed E-state index contributed by atoms with van der Waals surface area (Å²) in [6.45, 7) is 5.98. The number of hydrogen-bond acceptors (Lipinski definition) is 9. The van der Waals surface area contributed by atoms with Crippen LogP contribution in [0, 0.1) is 3.57 Å². The lowest BCUT2D eigenvalue weighted by Crippen LogP contribution is -2.39. The van der Waals surface area contributed by atoms with Crippen molar-refractivity contribution in [2.45, 2.75) is 26.8 Å². The lowest BCUT2D eigenvalue weighted by Gasteiger charge is -2.24. The Hall–Kier alpha value is -3.32. The van der Waals surface area contributed by atoms with Crippen molar-refractivity contribution in [1.82, 2.24) is 4.57 Å². The van der Waals surface area contributed by atoms with E-state index in [0.29, 0.717) is 53.6 Å². The molecule has 3 aromatic rings. The quantitative estimate of drug-likeness (QED) is 0.328. The summed E-state index contributed by atoms with van der Waals surface area (Å²) in [5.41, 5.74) is 1.83. The van der Waals surface area contributed by atoms with Crippen molar-refractivity contribution in [3.05, 3.63) is 76.0 Å². The molecule has 0 radical (unpaired) electrons. The number of hydrogen-bond donors (Lipinski definition) is 1. The first-order chi connectivity index (χ1) is 17.8. The predicted molar refractivity (Wildman–Crippen MR) is 145 cm³/mol. The van der Waals surface area contributed by atoms with Crippen molar-refractivity contribution in [3.63, 3.8) is 0 Å². The van der Waals surface area contributed by atoms with E-state index in [9.17, 15) is 14.7 Å². The molecule has 1 N–H and O–H groups in total. The second-order valence-electron chi connectivity index (χ2n) is 8.20. The van der Waals surface area contributed by atoms with E-state index in [1.165, 1.54) is 15.9 Å². The average molecular weight is 634 g/mol. The molecule has 5 rings (SSSR count). The van der Waals surface area contributed by atoms with E-state index < -0.39 is 12.0 Å². The summed E-state index contributed by atoms with van der Waals surface area (Å²) in [7, 11) is 0. The van der Waals surface area contributed by atoms with Crippen LogP contribution in [0.15, 0.2) is 51.4 Å². The van der Waals surface area contributed by atoms with E-state index in [0.717, 1.165) is 0 Å². The van der Waals surface area contributed by atoms with Gasteiger partial charge in [-0.1, -0.05) is 17.4 Å². The summed E-state index contributed by atoms with van der Waals surface area (Å²) < 4.78 is 24.4. The third-order valence-corrected chi connectivity index (χ3v) is 7.68. The van der Waals surface area contributed by atoms with Gasteiger partial charge in [0.25, 0.3) is 5.56 Å². The molecule has 9 nitrogen and oxygen atoms in total. The van der Waals surface area contributed by atoms with Crippen LogP contribution in [-0.4, -0.2) is 35.6 Å². The Balaban J connectivity index is 1.70. The van der Waals surface area contributed by atoms with Crippen molar-refractivity contribution in [1.29, 1.82) is 0 Å². The van der Waals surface area contributed by atoms with Gasteiger partial charge in [-0.3, -0.25) is 9.36 Å². The minimum atomic E-state index is -0.758.